The van der Waals surface area contributed by atoms with Crippen molar-refractivity contribution in [3.63, 3.8) is 0 Å². The number of carbonyl (C=O) groups excluding carboxylic acids is 2. The summed E-state index contributed by atoms with van der Waals surface area (Å²) in [6, 6.07) is 32.1. The van der Waals surface area contributed by atoms with E-state index in [0.717, 1.165) is 21.7 Å². The van der Waals surface area contributed by atoms with Gasteiger partial charge in [0.25, 0.3) is 0 Å². The largest absolute Gasteiger partial charge is 0.391 e. The van der Waals surface area contributed by atoms with Crippen LogP contribution in [0.4, 0.5) is 5.69 Å². The second-order valence-electron chi connectivity index (χ2n) is 12.5. The van der Waals surface area contributed by atoms with E-state index in [9.17, 15) is 23.1 Å². The SMILES string of the molecule is C[C@@H](CC(=O)c1cc(C(=O)C[C@@H](Cc2ccccc2)[C@H](O)C2Cc3ccccc3CN2)cc(N(C)S(C)(=O)=O)c1)c1ccccc1. The van der Waals surface area contributed by atoms with Gasteiger partial charge in [0, 0.05) is 43.6 Å². The molecule has 0 aromatic heterocycles. The van der Waals surface area contributed by atoms with Gasteiger partial charge >= 0.3 is 0 Å². The average molecular weight is 639 g/mol. The molecule has 0 aliphatic carbocycles. The van der Waals surface area contributed by atoms with Crippen LogP contribution in [0.25, 0.3) is 0 Å². The molecule has 0 spiro atoms. The van der Waals surface area contributed by atoms with Crippen molar-refractivity contribution in [2.75, 3.05) is 17.6 Å². The van der Waals surface area contributed by atoms with Gasteiger partial charge in [-0.1, -0.05) is 91.9 Å². The van der Waals surface area contributed by atoms with Gasteiger partial charge in [-0.15, -0.1) is 0 Å². The number of aliphatic hydroxyl groups excluding tert-OH is 1. The smallest absolute Gasteiger partial charge is 0.231 e. The summed E-state index contributed by atoms with van der Waals surface area (Å²) >= 11 is 0. The molecule has 1 unspecified atom stereocenters. The molecule has 0 amide bonds. The van der Waals surface area contributed by atoms with E-state index in [-0.39, 0.29) is 53.2 Å². The molecule has 7 nitrogen and oxygen atoms in total. The van der Waals surface area contributed by atoms with Gasteiger partial charge in [-0.25, -0.2) is 8.42 Å². The number of rotatable bonds is 13. The Morgan fingerprint density at radius 3 is 2.04 bits per heavy atom. The fraction of sp³-hybridized carbons (Fsp3) is 0.316. The maximum Gasteiger partial charge on any atom is 0.231 e. The van der Waals surface area contributed by atoms with Crippen LogP contribution >= 0.6 is 0 Å². The zero-order valence-electron chi connectivity index (χ0n) is 26.6. The van der Waals surface area contributed by atoms with Gasteiger partial charge < -0.3 is 10.4 Å². The van der Waals surface area contributed by atoms with Crippen LogP contribution in [0.3, 0.4) is 0 Å². The third-order valence-corrected chi connectivity index (χ3v) is 10.3. The Labute approximate surface area is 272 Å². The predicted molar refractivity (Wildman–Crippen MR) is 183 cm³/mol. The van der Waals surface area contributed by atoms with Crippen LogP contribution < -0.4 is 9.62 Å². The molecule has 1 aliphatic rings. The minimum Gasteiger partial charge on any atom is -0.391 e. The molecule has 0 fully saturated rings. The summed E-state index contributed by atoms with van der Waals surface area (Å²) in [6.45, 7) is 2.61. The van der Waals surface area contributed by atoms with Crippen LogP contribution in [-0.4, -0.2) is 50.5 Å². The molecule has 5 rings (SSSR count). The summed E-state index contributed by atoms with van der Waals surface area (Å²) in [4.78, 5) is 27.6. The standard InChI is InChI=1S/C38H42N2O5S/c1-26(28-14-8-5-9-15-28)18-36(41)31-20-32(22-34(21-31)40(2)46(3,44)45)37(42)24-33(19-27-12-6-4-7-13-27)38(43)35-23-29-16-10-11-17-30(29)25-39-35/h4-17,20-22,26,33,35,38-39,43H,18-19,23-25H2,1-3H3/t26-,33+,35?,38-/m0/s1. The molecule has 240 valence electrons. The van der Waals surface area contributed by atoms with Crippen molar-refractivity contribution >= 4 is 27.3 Å². The second kappa shape index (κ2) is 14.5. The number of nitrogens with one attached hydrogen (secondary N) is 1. The summed E-state index contributed by atoms with van der Waals surface area (Å²) in [6.07, 6.45) is 1.61. The quantitative estimate of drug-likeness (QED) is 0.175. The van der Waals surface area contributed by atoms with Gasteiger partial charge in [0.1, 0.15) is 0 Å². The lowest BCUT2D eigenvalue weighted by molar-refractivity contribution is 0.0555. The van der Waals surface area contributed by atoms with Crippen molar-refractivity contribution < 1.29 is 23.1 Å². The first-order valence-electron chi connectivity index (χ1n) is 15.7. The Balaban J connectivity index is 1.44. The molecular weight excluding hydrogens is 596 g/mol. The van der Waals surface area contributed by atoms with Gasteiger partial charge in [0.2, 0.25) is 10.0 Å². The zero-order valence-corrected chi connectivity index (χ0v) is 27.4. The fourth-order valence-electron chi connectivity index (χ4n) is 6.24. The second-order valence-corrected chi connectivity index (χ2v) is 14.5. The highest BCUT2D eigenvalue weighted by atomic mass is 32.2. The summed E-state index contributed by atoms with van der Waals surface area (Å²) < 4.78 is 26.1. The van der Waals surface area contributed by atoms with Crippen LogP contribution in [0.1, 0.15) is 68.7 Å². The molecule has 4 aromatic rings. The lowest BCUT2D eigenvalue weighted by atomic mass is 9.81. The maximum absolute atomic E-state index is 14.1. The van der Waals surface area contributed by atoms with Crippen molar-refractivity contribution in [3.05, 3.63) is 137 Å². The summed E-state index contributed by atoms with van der Waals surface area (Å²) in [5.74, 6) is -0.931. The molecule has 8 heteroatoms. The van der Waals surface area contributed by atoms with E-state index >= 15 is 0 Å². The lowest BCUT2D eigenvalue weighted by Gasteiger charge is -2.34. The first kappa shape index (κ1) is 33.3. The highest BCUT2D eigenvalue weighted by molar-refractivity contribution is 7.92. The van der Waals surface area contributed by atoms with Crippen molar-refractivity contribution in [2.45, 2.75) is 57.2 Å². The molecule has 1 heterocycles. The molecule has 46 heavy (non-hydrogen) atoms. The lowest BCUT2D eigenvalue weighted by Crippen LogP contribution is -2.48. The van der Waals surface area contributed by atoms with Crippen molar-refractivity contribution in [2.24, 2.45) is 5.92 Å². The number of carbonyl (C=O) groups is 2. The Morgan fingerprint density at radius 1 is 0.848 bits per heavy atom. The summed E-state index contributed by atoms with van der Waals surface area (Å²) in [5.41, 5.74) is 5.18. The van der Waals surface area contributed by atoms with E-state index < -0.39 is 22.0 Å². The minimum atomic E-state index is -3.66. The number of aliphatic hydroxyl groups is 1. The monoisotopic (exact) mass is 638 g/mol. The highest BCUT2D eigenvalue weighted by Crippen LogP contribution is 2.29. The number of hydrogen-bond donors (Lipinski definition) is 2. The number of Topliss-reactive ketones (excluding diaryl/α,β-unsaturated/α-hetero) is 2. The Kier molecular flexibility index (Phi) is 10.5. The normalized spacial score (nSPS) is 16.6. The van der Waals surface area contributed by atoms with E-state index in [1.165, 1.54) is 30.3 Å². The third kappa shape index (κ3) is 8.18. The number of benzene rings is 4. The zero-order chi connectivity index (χ0) is 32.8. The summed E-state index contributed by atoms with van der Waals surface area (Å²) in [7, 11) is -2.25. The fourth-order valence-corrected chi connectivity index (χ4v) is 6.73. The number of anilines is 1. The molecule has 4 aromatic carbocycles. The highest BCUT2D eigenvalue weighted by Gasteiger charge is 2.32. The van der Waals surface area contributed by atoms with Crippen LogP contribution in [-0.2, 0) is 29.4 Å². The van der Waals surface area contributed by atoms with Crippen LogP contribution in [0, 0.1) is 5.92 Å². The van der Waals surface area contributed by atoms with Crippen LogP contribution in [0.15, 0.2) is 103 Å². The minimum absolute atomic E-state index is 0.0238. The summed E-state index contributed by atoms with van der Waals surface area (Å²) in [5, 5.41) is 15.2. The molecule has 0 saturated carbocycles. The van der Waals surface area contributed by atoms with Gasteiger partial charge in [-0.2, -0.15) is 0 Å². The number of hydrogen-bond acceptors (Lipinski definition) is 6. The number of sulfonamides is 1. The Morgan fingerprint density at radius 2 is 1.41 bits per heavy atom. The Hall–Kier alpha value is -4.11. The number of nitrogens with zero attached hydrogens (tertiary/aromatic N) is 1. The van der Waals surface area contributed by atoms with Crippen LogP contribution in [0.5, 0.6) is 0 Å². The molecule has 0 bridgehead atoms. The van der Waals surface area contributed by atoms with E-state index in [2.05, 4.69) is 17.4 Å². The number of ketones is 2. The van der Waals surface area contributed by atoms with Gasteiger partial charge in [-0.3, -0.25) is 13.9 Å². The molecular formula is C38H42N2O5S. The van der Waals surface area contributed by atoms with Crippen LogP contribution in [0.2, 0.25) is 0 Å². The van der Waals surface area contributed by atoms with Gasteiger partial charge in [-0.05, 0) is 65.1 Å². The van der Waals surface area contributed by atoms with E-state index in [1.54, 1.807) is 6.07 Å². The Bertz CT molecular complexity index is 1780. The average Bonchev–Trinajstić information content (AvgIpc) is 3.07. The number of fused-ring (bicyclic) bond motifs is 1. The molecule has 4 atom stereocenters. The van der Waals surface area contributed by atoms with E-state index in [4.69, 9.17) is 0 Å². The van der Waals surface area contributed by atoms with Crippen molar-refractivity contribution in [1.82, 2.24) is 5.32 Å². The van der Waals surface area contributed by atoms with Gasteiger partial charge in [0.05, 0.1) is 18.0 Å². The van der Waals surface area contributed by atoms with E-state index in [0.29, 0.717) is 19.4 Å². The topological polar surface area (TPSA) is 104 Å². The first-order valence-corrected chi connectivity index (χ1v) is 17.6. The third-order valence-electron chi connectivity index (χ3n) is 9.08. The predicted octanol–water partition coefficient (Wildman–Crippen LogP) is 5.97. The van der Waals surface area contributed by atoms with Crippen molar-refractivity contribution in [1.29, 1.82) is 0 Å². The molecule has 2 N–H and O–H groups in total. The molecule has 1 aliphatic heterocycles. The molecule has 0 radical (unpaired) electrons. The molecule has 0 saturated heterocycles. The van der Waals surface area contributed by atoms with E-state index in [1.807, 2.05) is 79.7 Å². The maximum atomic E-state index is 14.1. The first-order chi connectivity index (χ1) is 22.0. The van der Waals surface area contributed by atoms with Crippen molar-refractivity contribution in [3.8, 4) is 0 Å². The van der Waals surface area contributed by atoms with Gasteiger partial charge in [0.15, 0.2) is 11.6 Å².